The van der Waals surface area contributed by atoms with Crippen molar-refractivity contribution in [3.8, 4) is 0 Å². The van der Waals surface area contributed by atoms with E-state index < -0.39 is 11.9 Å². The number of rotatable bonds is 7. The molecule has 6 heteroatoms. The number of anilines is 1. The molecule has 0 bridgehead atoms. The number of benzene rings is 2. The summed E-state index contributed by atoms with van der Waals surface area (Å²) in [6.07, 6.45) is 0.748. The highest BCUT2D eigenvalue weighted by Crippen LogP contribution is 2.28. The molecule has 142 valence electrons. The maximum atomic E-state index is 14.4. The maximum Gasteiger partial charge on any atom is 0.251 e. The lowest BCUT2D eigenvalue weighted by molar-refractivity contribution is -0.108. The highest BCUT2D eigenvalue weighted by Gasteiger charge is 2.23. The van der Waals surface area contributed by atoms with E-state index >= 15 is 0 Å². The summed E-state index contributed by atoms with van der Waals surface area (Å²) in [5.41, 5.74) is 4.26. The van der Waals surface area contributed by atoms with E-state index in [1.54, 1.807) is 0 Å². The van der Waals surface area contributed by atoms with E-state index in [0.29, 0.717) is 23.6 Å². The summed E-state index contributed by atoms with van der Waals surface area (Å²) in [6.45, 7) is 5.33. The van der Waals surface area contributed by atoms with Gasteiger partial charge >= 0.3 is 0 Å². The van der Waals surface area contributed by atoms with Crippen LogP contribution >= 0.6 is 0 Å². The Bertz CT molecular complexity index is 882. The largest absolute Gasteiger partial charge is 0.369 e. The van der Waals surface area contributed by atoms with Crippen molar-refractivity contribution in [2.75, 3.05) is 18.9 Å². The highest BCUT2D eigenvalue weighted by atomic mass is 19.1. The van der Waals surface area contributed by atoms with Gasteiger partial charge in [0.2, 0.25) is 0 Å². The third-order valence-electron chi connectivity index (χ3n) is 5.02. The Kier molecular flexibility index (Phi) is 5.56. The van der Waals surface area contributed by atoms with Gasteiger partial charge in [0, 0.05) is 18.7 Å². The second-order valence-electron chi connectivity index (χ2n) is 7.00. The van der Waals surface area contributed by atoms with Crippen molar-refractivity contribution in [1.82, 2.24) is 10.6 Å². The number of carbonyl (C=O) groups excluding carboxylic acids is 2. The summed E-state index contributed by atoms with van der Waals surface area (Å²) < 4.78 is 14.4. The fourth-order valence-electron chi connectivity index (χ4n) is 3.58. The first kappa shape index (κ1) is 19.0. The molecule has 0 aliphatic carbocycles. The number of halogens is 1. The third-order valence-corrected chi connectivity index (χ3v) is 5.02. The zero-order valence-electron chi connectivity index (χ0n) is 15.7. The molecule has 1 amide bonds. The van der Waals surface area contributed by atoms with Crippen LogP contribution < -0.4 is 16.0 Å². The van der Waals surface area contributed by atoms with Crippen LogP contribution in [0.4, 0.5) is 10.1 Å². The highest BCUT2D eigenvalue weighted by molar-refractivity contribution is 5.99. The molecule has 1 heterocycles. The molecule has 0 aromatic heterocycles. The minimum Gasteiger partial charge on any atom is -0.369 e. The van der Waals surface area contributed by atoms with Crippen LogP contribution in [0.2, 0.25) is 0 Å². The van der Waals surface area contributed by atoms with Crippen molar-refractivity contribution in [3.05, 3.63) is 64.0 Å². The fraction of sp³-hybridized carbons (Fsp3) is 0.333. The number of aldehydes is 1. The van der Waals surface area contributed by atoms with Crippen LogP contribution in [0.3, 0.4) is 0 Å². The van der Waals surface area contributed by atoms with Gasteiger partial charge in [0.15, 0.2) is 0 Å². The van der Waals surface area contributed by atoms with Crippen LogP contribution in [0.25, 0.3) is 0 Å². The number of fused-ring (bicyclic) bond motifs is 1. The van der Waals surface area contributed by atoms with Gasteiger partial charge in [-0.25, -0.2) is 4.39 Å². The second-order valence-corrected chi connectivity index (χ2v) is 7.00. The second kappa shape index (κ2) is 7.88. The van der Waals surface area contributed by atoms with E-state index in [-0.39, 0.29) is 11.6 Å². The Labute approximate surface area is 158 Å². The molecule has 0 radical (unpaired) electrons. The van der Waals surface area contributed by atoms with E-state index in [0.717, 1.165) is 24.0 Å². The average molecular weight is 369 g/mol. The normalized spacial score (nSPS) is 15.0. The van der Waals surface area contributed by atoms with E-state index in [1.807, 2.05) is 32.2 Å². The first-order valence-corrected chi connectivity index (χ1v) is 9.02. The monoisotopic (exact) mass is 369 g/mol. The zero-order chi connectivity index (χ0) is 19.6. The lowest BCUT2D eigenvalue weighted by atomic mass is 9.93. The van der Waals surface area contributed by atoms with Crippen LogP contribution in [0, 0.1) is 12.7 Å². The summed E-state index contributed by atoms with van der Waals surface area (Å²) in [6, 6.07) is 7.96. The van der Waals surface area contributed by atoms with Crippen molar-refractivity contribution in [3.63, 3.8) is 0 Å². The Balaban J connectivity index is 1.86. The Hall–Kier alpha value is -2.73. The molecule has 5 nitrogen and oxygen atoms in total. The predicted molar refractivity (Wildman–Crippen MR) is 104 cm³/mol. The average Bonchev–Trinajstić information content (AvgIpc) is 2.99. The van der Waals surface area contributed by atoms with Gasteiger partial charge in [-0.3, -0.25) is 4.79 Å². The molecule has 1 aliphatic rings. The van der Waals surface area contributed by atoms with Gasteiger partial charge in [0.1, 0.15) is 18.1 Å². The molecule has 3 N–H and O–H groups in total. The van der Waals surface area contributed by atoms with Crippen molar-refractivity contribution >= 4 is 17.9 Å². The standard InChI is InChI=1S/C21H24FN3O2/c1-12-6-14(4-5-16(12)13(2)9-23-3)20(11-26)25-19-8-17-15(7-18(19)22)10-24-21(17)27/h4-8,11,13,20,23,25H,9-10H2,1-3H3,(H,24,27)/t13-,20?/m0/s1. The number of hydrogen-bond donors (Lipinski definition) is 3. The predicted octanol–water partition coefficient (Wildman–Crippen LogP) is 3.05. The first-order valence-electron chi connectivity index (χ1n) is 9.02. The molecule has 3 rings (SSSR count). The van der Waals surface area contributed by atoms with Crippen LogP contribution in [0.15, 0.2) is 30.3 Å². The molecule has 27 heavy (non-hydrogen) atoms. The molecule has 0 saturated heterocycles. The molecule has 1 unspecified atom stereocenters. The lowest BCUT2D eigenvalue weighted by Gasteiger charge is -2.19. The number of amides is 1. The fourth-order valence-corrected chi connectivity index (χ4v) is 3.58. The van der Waals surface area contributed by atoms with E-state index in [1.165, 1.54) is 17.7 Å². The smallest absolute Gasteiger partial charge is 0.251 e. The summed E-state index contributed by atoms with van der Waals surface area (Å²) in [5.74, 6) is -0.359. The van der Waals surface area contributed by atoms with Crippen molar-refractivity contribution < 1.29 is 14.0 Å². The summed E-state index contributed by atoms with van der Waals surface area (Å²) in [4.78, 5) is 23.5. The van der Waals surface area contributed by atoms with Gasteiger partial charge in [-0.2, -0.15) is 0 Å². The van der Waals surface area contributed by atoms with Crippen LogP contribution in [0.5, 0.6) is 0 Å². The molecule has 0 spiro atoms. The molecule has 0 fully saturated rings. The quantitative estimate of drug-likeness (QED) is 0.656. The molecule has 2 aromatic rings. The number of hydrogen-bond acceptors (Lipinski definition) is 4. The third kappa shape index (κ3) is 3.85. The van der Waals surface area contributed by atoms with Gasteiger partial charge < -0.3 is 20.7 Å². The maximum absolute atomic E-state index is 14.4. The Morgan fingerprint density at radius 2 is 2.07 bits per heavy atom. The van der Waals surface area contributed by atoms with Crippen molar-refractivity contribution in [1.29, 1.82) is 0 Å². The molecule has 0 saturated carbocycles. The minimum absolute atomic E-state index is 0.146. The topological polar surface area (TPSA) is 70.2 Å². The van der Waals surface area contributed by atoms with E-state index in [4.69, 9.17) is 0 Å². The zero-order valence-corrected chi connectivity index (χ0v) is 15.7. The lowest BCUT2D eigenvalue weighted by Crippen LogP contribution is -2.17. The van der Waals surface area contributed by atoms with E-state index in [9.17, 15) is 14.0 Å². The van der Waals surface area contributed by atoms with Crippen LogP contribution in [-0.4, -0.2) is 25.8 Å². The Morgan fingerprint density at radius 3 is 2.74 bits per heavy atom. The Morgan fingerprint density at radius 1 is 1.30 bits per heavy atom. The first-order chi connectivity index (χ1) is 12.9. The van der Waals surface area contributed by atoms with Gasteiger partial charge in [-0.15, -0.1) is 0 Å². The molecular weight excluding hydrogens is 345 g/mol. The van der Waals surface area contributed by atoms with Gasteiger partial charge in [-0.05, 0) is 54.3 Å². The minimum atomic E-state index is -0.700. The van der Waals surface area contributed by atoms with Crippen molar-refractivity contribution in [2.45, 2.75) is 32.4 Å². The van der Waals surface area contributed by atoms with Crippen LogP contribution in [0.1, 0.15) is 51.5 Å². The number of carbonyl (C=O) groups is 2. The van der Waals surface area contributed by atoms with Gasteiger partial charge in [-0.1, -0.05) is 25.1 Å². The van der Waals surface area contributed by atoms with E-state index in [2.05, 4.69) is 22.9 Å². The number of aryl methyl sites for hydroxylation is 1. The summed E-state index contributed by atoms with van der Waals surface area (Å²) in [7, 11) is 1.91. The summed E-state index contributed by atoms with van der Waals surface area (Å²) in [5, 5.41) is 8.76. The number of likely N-dealkylation sites (N-methyl/N-ethyl adjacent to an activating group) is 1. The summed E-state index contributed by atoms with van der Waals surface area (Å²) >= 11 is 0. The molecule has 1 aliphatic heterocycles. The molecule has 2 aromatic carbocycles. The number of nitrogens with one attached hydrogen (secondary N) is 3. The molecule has 2 atom stereocenters. The van der Waals surface area contributed by atoms with Gasteiger partial charge in [0.25, 0.3) is 5.91 Å². The van der Waals surface area contributed by atoms with Gasteiger partial charge in [0.05, 0.1) is 5.69 Å². The van der Waals surface area contributed by atoms with Crippen molar-refractivity contribution in [2.24, 2.45) is 0 Å². The SMILES string of the molecule is CNC[C@H](C)c1ccc(C(C=O)Nc2cc3c(cc2F)CNC3=O)cc1C. The van der Waals surface area contributed by atoms with Crippen LogP contribution in [-0.2, 0) is 11.3 Å². The molecular formula is C21H24FN3O2.